The van der Waals surface area contributed by atoms with Crippen LogP contribution in [0.4, 0.5) is 5.69 Å². The first-order valence-electron chi connectivity index (χ1n) is 14.0. The molecule has 2 amide bonds. The lowest BCUT2D eigenvalue weighted by Gasteiger charge is -2.34. The molecule has 1 unspecified atom stereocenters. The maximum atomic E-state index is 14.2. The van der Waals surface area contributed by atoms with E-state index in [1.54, 1.807) is 49.6 Å². The van der Waals surface area contributed by atoms with E-state index in [4.69, 9.17) is 4.74 Å². The number of methoxy groups -OCH3 is 1. The largest absolute Gasteiger partial charge is 0.497 e. The maximum Gasteiger partial charge on any atom is 0.264 e. The average Bonchev–Trinajstić information content (AvgIpc) is 2.99. The second-order valence-corrected chi connectivity index (χ2v) is 12.1. The predicted octanol–water partition coefficient (Wildman–Crippen LogP) is 5.03. The van der Waals surface area contributed by atoms with Crippen LogP contribution in [-0.4, -0.2) is 51.4 Å². The molecule has 220 valence electrons. The van der Waals surface area contributed by atoms with E-state index in [1.165, 1.54) is 21.3 Å². The Balaban J connectivity index is 2.06. The zero-order chi connectivity index (χ0) is 30.0. The number of anilines is 1. The standard InChI is InChI=1S/C32H41N3O5S/c1-6-26-13-11-12-16-30(26)35(41(38,39)28-14-9-8-10-15-28)23-31(36)34(22-25-17-19-27(40-5)20-18-25)29(7-2)32(37)33-21-24(3)4/h8-20,24,29H,6-7,21-23H2,1-5H3,(H,33,37). The van der Waals surface area contributed by atoms with Crippen molar-refractivity contribution >= 4 is 27.5 Å². The molecule has 0 aliphatic carbocycles. The summed E-state index contributed by atoms with van der Waals surface area (Å²) in [4.78, 5) is 29.1. The van der Waals surface area contributed by atoms with Crippen LogP contribution >= 0.6 is 0 Å². The van der Waals surface area contributed by atoms with Crippen molar-refractivity contribution < 1.29 is 22.7 Å². The number of aryl methyl sites for hydroxylation is 1. The van der Waals surface area contributed by atoms with Crippen LogP contribution in [0.5, 0.6) is 5.75 Å². The Morgan fingerprint density at radius 2 is 1.54 bits per heavy atom. The Kier molecular flexibility index (Phi) is 11.3. The van der Waals surface area contributed by atoms with E-state index in [1.807, 2.05) is 52.0 Å². The Labute approximate surface area is 244 Å². The van der Waals surface area contributed by atoms with E-state index in [0.29, 0.717) is 30.8 Å². The molecule has 0 bridgehead atoms. The third-order valence-corrected chi connectivity index (χ3v) is 8.61. The molecule has 0 aliphatic rings. The average molecular weight is 580 g/mol. The highest BCUT2D eigenvalue weighted by atomic mass is 32.2. The molecular formula is C32H41N3O5S. The molecular weight excluding hydrogens is 538 g/mol. The van der Waals surface area contributed by atoms with Gasteiger partial charge in [0.15, 0.2) is 0 Å². The molecule has 0 fully saturated rings. The molecule has 0 saturated carbocycles. The summed E-state index contributed by atoms with van der Waals surface area (Å²) in [6, 6.07) is 21.7. The fourth-order valence-corrected chi connectivity index (χ4v) is 6.03. The van der Waals surface area contributed by atoms with Crippen LogP contribution < -0.4 is 14.4 Å². The van der Waals surface area contributed by atoms with Crippen molar-refractivity contribution in [2.45, 2.75) is 58.0 Å². The number of ether oxygens (including phenoxy) is 1. The number of sulfonamides is 1. The van der Waals surface area contributed by atoms with E-state index in [-0.39, 0.29) is 23.3 Å². The molecule has 0 aliphatic heterocycles. The summed E-state index contributed by atoms with van der Waals surface area (Å²) in [5, 5.41) is 2.95. The topological polar surface area (TPSA) is 96.0 Å². The zero-order valence-electron chi connectivity index (χ0n) is 24.5. The van der Waals surface area contributed by atoms with Crippen molar-refractivity contribution in [2.75, 3.05) is 24.5 Å². The molecule has 0 aromatic heterocycles. The van der Waals surface area contributed by atoms with Crippen molar-refractivity contribution in [1.29, 1.82) is 0 Å². The van der Waals surface area contributed by atoms with Gasteiger partial charge in [0.2, 0.25) is 11.8 Å². The van der Waals surface area contributed by atoms with Crippen LogP contribution in [-0.2, 0) is 32.6 Å². The molecule has 0 radical (unpaired) electrons. The molecule has 3 rings (SSSR count). The van der Waals surface area contributed by atoms with Gasteiger partial charge in [-0.1, -0.05) is 76.2 Å². The van der Waals surface area contributed by atoms with Crippen LogP contribution in [0.2, 0.25) is 0 Å². The summed E-state index contributed by atoms with van der Waals surface area (Å²) in [6.07, 6.45) is 0.943. The van der Waals surface area contributed by atoms with Crippen LogP contribution in [0.1, 0.15) is 45.2 Å². The summed E-state index contributed by atoms with van der Waals surface area (Å²) in [5.74, 6) is 0.163. The Morgan fingerprint density at radius 3 is 2.12 bits per heavy atom. The SMILES string of the molecule is CCc1ccccc1N(CC(=O)N(Cc1ccc(OC)cc1)C(CC)C(=O)NCC(C)C)S(=O)(=O)c1ccccc1. The number of nitrogens with one attached hydrogen (secondary N) is 1. The normalized spacial score (nSPS) is 12.0. The molecule has 8 nitrogen and oxygen atoms in total. The van der Waals surface area contributed by atoms with Gasteiger partial charge >= 0.3 is 0 Å². The summed E-state index contributed by atoms with van der Waals surface area (Å²) in [5.41, 5.74) is 2.03. The molecule has 1 atom stereocenters. The highest BCUT2D eigenvalue weighted by molar-refractivity contribution is 7.92. The minimum absolute atomic E-state index is 0.0853. The van der Waals surface area contributed by atoms with Gasteiger partial charge in [0, 0.05) is 13.1 Å². The Morgan fingerprint density at radius 1 is 0.902 bits per heavy atom. The lowest BCUT2D eigenvalue weighted by molar-refractivity contribution is -0.140. The van der Waals surface area contributed by atoms with Gasteiger partial charge in [-0.3, -0.25) is 13.9 Å². The van der Waals surface area contributed by atoms with Crippen LogP contribution in [0.25, 0.3) is 0 Å². The number of hydrogen-bond acceptors (Lipinski definition) is 5. The summed E-state index contributed by atoms with van der Waals surface area (Å²) in [6.45, 7) is 7.93. The first kappa shape index (κ1) is 31.7. The van der Waals surface area contributed by atoms with E-state index in [2.05, 4.69) is 5.32 Å². The number of amides is 2. The van der Waals surface area contributed by atoms with Gasteiger partial charge in [0.1, 0.15) is 18.3 Å². The van der Waals surface area contributed by atoms with Crippen LogP contribution in [0.15, 0.2) is 83.8 Å². The zero-order valence-corrected chi connectivity index (χ0v) is 25.4. The van der Waals surface area contributed by atoms with Crippen LogP contribution in [0.3, 0.4) is 0 Å². The lowest BCUT2D eigenvalue weighted by atomic mass is 10.1. The first-order chi connectivity index (χ1) is 19.6. The molecule has 0 saturated heterocycles. The summed E-state index contributed by atoms with van der Waals surface area (Å²) >= 11 is 0. The second-order valence-electron chi connectivity index (χ2n) is 10.2. The molecule has 3 aromatic carbocycles. The van der Waals surface area contributed by atoms with Gasteiger partial charge in [0.05, 0.1) is 17.7 Å². The third-order valence-electron chi connectivity index (χ3n) is 6.83. The number of para-hydroxylation sites is 1. The minimum Gasteiger partial charge on any atom is -0.497 e. The number of carbonyl (C=O) groups is 2. The van der Waals surface area contributed by atoms with Crippen molar-refractivity contribution in [3.05, 3.63) is 90.0 Å². The van der Waals surface area contributed by atoms with E-state index in [0.717, 1.165) is 11.1 Å². The van der Waals surface area contributed by atoms with E-state index >= 15 is 0 Å². The van der Waals surface area contributed by atoms with Gasteiger partial charge in [0.25, 0.3) is 10.0 Å². The highest BCUT2D eigenvalue weighted by Gasteiger charge is 2.34. The molecule has 0 spiro atoms. The van der Waals surface area contributed by atoms with Crippen molar-refractivity contribution in [3.63, 3.8) is 0 Å². The number of carbonyl (C=O) groups excluding carboxylic acids is 2. The van der Waals surface area contributed by atoms with Gasteiger partial charge in [-0.15, -0.1) is 0 Å². The number of hydrogen-bond donors (Lipinski definition) is 1. The number of benzene rings is 3. The summed E-state index contributed by atoms with van der Waals surface area (Å²) in [7, 11) is -2.53. The fourth-order valence-electron chi connectivity index (χ4n) is 4.56. The monoisotopic (exact) mass is 579 g/mol. The molecule has 41 heavy (non-hydrogen) atoms. The minimum atomic E-state index is -4.10. The molecule has 0 heterocycles. The lowest BCUT2D eigenvalue weighted by Crippen LogP contribution is -2.52. The molecule has 9 heteroatoms. The number of rotatable bonds is 14. The van der Waals surface area contributed by atoms with Crippen molar-refractivity contribution in [1.82, 2.24) is 10.2 Å². The first-order valence-corrected chi connectivity index (χ1v) is 15.4. The molecule has 3 aromatic rings. The van der Waals surface area contributed by atoms with E-state index < -0.39 is 28.5 Å². The third kappa shape index (κ3) is 8.10. The highest BCUT2D eigenvalue weighted by Crippen LogP contribution is 2.28. The van der Waals surface area contributed by atoms with Crippen molar-refractivity contribution in [2.24, 2.45) is 5.92 Å². The van der Waals surface area contributed by atoms with Gasteiger partial charge in [-0.05, 0) is 60.2 Å². The second kappa shape index (κ2) is 14.7. The van der Waals surface area contributed by atoms with Gasteiger partial charge in [-0.25, -0.2) is 8.42 Å². The van der Waals surface area contributed by atoms with Crippen LogP contribution in [0, 0.1) is 5.92 Å². The Bertz CT molecular complexity index is 1390. The van der Waals surface area contributed by atoms with Gasteiger partial charge < -0.3 is 15.0 Å². The number of nitrogens with zero attached hydrogens (tertiary/aromatic N) is 2. The maximum absolute atomic E-state index is 14.2. The summed E-state index contributed by atoms with van der Waals surface area (Å²) < 4.78 is 34.4. The quantitative estimate of drug-likeness (QED) is 0.289. The van der Waals surface area contributed by atoms with E-state index in [9.17, 15) is 18.0 Å². The van der Waals surface area contributed by atoms with Gasteiger partial charge in [-0.2, -0.15) is 0 Å². The smallest absolute Gasteiger partial charge is 0.264 e. The Hall–Kier alpha value is -3.85. The predicted molar refractivity (Wildman–Crippen MR) is 162 cm³/mol. The van der Waals surface area contributed by atoms with Crippen molar-refractivity contribution in [3.8, 4) is 5.75 Å². The fraction of sp³-hybridized carbons (Fsp3) is 0.375. The molecule has 1 N–H and O–H groups in total.